The number of aromatic nitrogens is 2. The lowest BCUT2D eigenvalue weighted by atomic mass is 10.1. The first-order chi connectivity index (χ1) is 10.0. The van der Waals surface area contributed by atoms with Crippen LogP contribution >= 0.6 is 0 Å². The number of aryl methyl sites for hydroxylation is 2. The number of hydrogen-bond acceptors (Lipinski definition) is 3. The van der Waals surface area contributed by atoms with Gasteiger partial charge in [0.25, 0.3) is 0 Å². The fourth-order valence-electron chi connectivity index (χ4n) is 2.56. The Labute approximate surface area is 125 Å². The van der Waals surface area contributed by atoms with Crippen molar-refractivity contribution in [1.29, 1.82) is 0 Å². The molecule has 4 nitrogen and oxygen atoms in total. The summed E-state index contributed by atoms with van der Waals surface area (Å²) >= 11 is 0. The molecule has 1 aromatic carbocycles. The van der Waals surface area contributed by atoms with Gasteiger partial charge in [-0.1, -0.05) is 29.8 Å². The van der Waals surface area contributed by atoms with Gasteiger partial charge < -0.3 is 4.74 Å². The van der Waals surface area contributed by atoms with Gasteiger partial charge in [0, 0.05) is 12.1 Å². The first-order valence-electron chi connectivity index (χ1n) is 7.16. The molecule has 112 valence electrons. The second-order valence-electron chi connectivity index (χ2n) is 5.37. The van der Waals surface area contributed by atoms with Crippen LogP contribution in [0.1, 0.15) is 34.5 Å². The van der Waals surface area contributed by atoms with Gasteiger partial charge in [-0.05, 0) is 38.3 Å². The quantitative estimate of drug-likeness (QED) is 0.794. The Bertz CT molecular complexity index is 644. The number of methoxy groups -OCH3 is 1. The van der Waals surface area contributed by atoms with E-state index in [1.165, 1.54) is 18.2 Å². The number of nitrogens with zero attached hydrogens (tertiary/aromatic N) is 2. The third-order valence-electron chi connectivity index (χ3n) is 3.75. The Kier molecular flexibility index (Phi) is 4.78. The fourth-order valence-corrected chi connectivity index (χ4v) is 2.56. The van der Waals surface area contributed by atoms with Gasteiger partial charge in [-0.15, -0.1) is 0 Å². The molecule has 0 aliphatic rings. The molecule has 1 aromatic heterocycles. The highest BCUT2D eigenvalue weighted by Gasteiger charge is 2.13. The molecule has 0 saturated carbocycles. The van der Waals surface area contributed by atoms with Crippen LogP contribution in [0.15, 0.2) is 24.3 Å². The van der Waals surface area contributed by atoms with Crippen molar-refractivity contribution >= 4 is 5.97 Å². The number of benzene rings is 1. The number of ether oxygens (including phenoxy) is 1. The maximum absolute atomic E-state index is 11.3. The third-order valence-corrected chi connectivity index (χ3v) is 3.75. The Morgan fingerprint density at radius 2 is 2.05 bits per heavy atom. The molecule has 0 N–H and O–H groups in total. The summed E-state index contributed by atoms with van der Waals surface area (Å²) in [6.45, 7) is 6.90. The number of carbonyl (C=O) groups excluding carboxylic acids is 1. The smallest absolute Gasteiger partial charge is 0.305 e. The largest absolute Gasteiger partial charge is 0.469 e. The summed E-state index contributed by atoms with van der Waals surface area (Å²) in [6, 6.07) is 8.43. The zero-order valence-corrected chi connectivity index (χ0v) is 13.1. The van der Waals surface area contributed by atoms with Crippen LogP contribution in [0, 0.1) is 20.8 Å². The first kappa shape index (κ1) is 15.3. The summed E-state index contributed by atoms with van der Waals surface area (Å²) < 4.78 is 6.71. The number of carbonyl (C=O) groups is 1. The van der Waals surface area contributed by atoms with Crippen LogP contribution in [0.4, 0.5) is 0 Å². The van der Waals surface area contributed by atoms with Crippen LogP contribution in [-0.2, 0) is 22.5 Å². The van der Waals surface area contributed by atoms with Crippen LogP contribution in [0.3, 0.4) is 0 Å². The molecule has 2 rings (SSSR count). The summed E-state index contributed by atoms with van der Waals surface area (Å²) in [5, 5.41) is 4.60. The lowest BCUT2D eigenvalue weighted by Gasteiger charge is -2.06. The molecule has 0 amide bonds. The van der Waals surface area contributed by atoms with E-state index in [1.54, 1.807) is 0 Å². The zero-order valence-electron chi connectivity index (χ0n) is 13.1. The van der Waals surface area contributed by atoms with Crippen LogP contribution < -0.4 is 0 Å². The molecule has 4 heteroatoms. The van der Waals surface area contributed by atoms with Crippen LogP contribution in [-0.4, -0.2) is 22.9 Å². The number of rotatable bonds is 5. The lowest BCUT2D eigenvalue weighted by Crippen LogP contribution is -2.05. The summed E-state index contributed by atoms with van der Waals surface area (Å²) in [5.74, 6) is -0.180. The summed E-state index contributed by atoms with van der Waals surface area (Å²) in [7, 11) is 1.42. The van der Waals surface area contributed by atoms with Crippen molar-refractivity contribution in [2.24, 2.45) is 0 Å². The minimum absolute atomic E-state index is 0.180. The molecule has 0 bridgehead atoms. The molecule has 0 fully saturated rings. The molecular weight excluding hydrogens is 264 g/mol. The highest BCUT2D eigenvalue weighted by atomic mass is 16.5. The second-order valence-corrected chi connectivity index (χ2v) is 5.37. The molecule has 0 aliphatic carbocycles. The highest BCUT2D eigenvalue weighted by Crippen LogP contribution is 2.17. The van der Waals surface area contributed by atoms with Gasteiger partial charge in [0.1, 0.15) is 0 Å². The van der Waals surface area contributed by atoms with Crippen molar-refractivity contribution in [2.45, 2.75) is 40.2 Å². The third kappa shape index (κ3) is 3.72. The highest BCUT2D eigenvalue weighted by molar-refractivity contribution is 5.69. The first-order valence-corrected chi connectivity index (χ1v) is 7.16. The zero-order chi connectivity index (χ0) is 15.4. The molecular formula is C17H22N2O2. The second kappa shape index (κ2) is 6.57. The van der Waals surface area contributed by atoms with Gasteiger partial charge in [-0.3, -0.25) is 9.48 Å². The number of esters is 1. The van der Waals surface area contributed by atoms with Crippen molar-refractivity contribution < 1.29 is 9.53 Å². The Morgan fingerprint density at radius 1 is 1.29 bits per heavy atom. The standard InChI is InChI=1S/C17H22N2O2/c1-12-6-5-7-15(10-12)11-19-14(3)16(13(2)18-19)8-9-17(20)21-4/h5-7,10H,8-9,11H2,1-4H3. The Morgan fingerprint density at radius 3 is 2.71 bits per heavy atom. The molecule has 2 aromatic rings. The maximum Gasteiger partial charge on any atom is 0.305 e. The predicted octanol–water partition coefficient (Wildman–Crippen LogP) is 2.96. The fraction of sp³-hybridized carbons (Fsp3) is 0.412. The summed E-state index contributed by atoms with van der Waals surface area (Å²) in [5.41, 5.74) is 5.75. The van der Waals surface area contributed by atoms with Crippen LogP contribution in [0.2, 0.25) is 0 Å². The number of hydrogen-bond donors (Lipinski definition) is 0. The summed E-state index contributed by atoms with van der Waals surface area (Å²) in [6.07, 6.45) is 1.08. The van der Waals surface area contributed by atoms with Crippen LogP contribution in [0.25, 0.3) is 0 Å². The lowest BCUT2D eigenvalue weighted by molar-refractivity contribution is -0.140. The molecule has 1 heterocycles. The normalized spacial score (nSPS) is 10.7. The minimum Gasteiger partial charge on any atom is -0.469 e. The topological polar surface area (TPSA) is 44.1 Å². The molecule has 0 spiro atoms. The van der Waals surface area contributed by atoms with E-state index in [2.05, 4.69) is 43.2 Å². The van der Waals surface area contributed by atoms with Gasteiger partial charge in [-0.25, -0.2) is 0 Å². The van der Waals surface area contributed by atoms with Gasteiger partial charge in [0.05, 0.1) is 19.3 Å². The van der Waals surface area contributed by atoms with Crippen molar-refractivity contribution in [3.05, 3.63) is 52.3 Å². The van der Waals surface area contributed by atoms with Gasteiger partial charge in [-0.2, -0.15) is 5.10 Å². The van der Waals surface area contributed by atoms with E-state index in [-0.39, 0.29) is 5.97 Å². The van der Waals surface area contributed by atoms with Crippen molar-refractivity contribution in [1.82, 2.24) is 9.78 Å². The molecule has 0 atom stereocenters. The Balaban J connectivity index is 2.16. The van der Waals surface area contributed by atoms with E-state index in [0.29, 0.717) is 12.8 Å². The van der Waals surface area contributed by atoms with E-state index >= 15 is 0 Å². The van der Waals surface area contributed by atoms with E-state index in [1.807, 2.05) is 11.6 Å². The monoisotopic (exact) mass is 286 g/mol. The molecule has 0 aliphatic heterocycles. The average molecular weight is 286 g/mol. The molecule has 0 unspecified atom stereocenters. The van der Waals surface area contributed by atoms with E-state index < -0.39 is 0 Å². The SMILES string of the molecule is COC(=O)CCc1c(C)nn(Cc2cccc(C)c2)c1C. The average Bonchev–Trinajstić information content (AvgIpc) is 2.71. The Hall–Kier alpha value is -2.10. The minimum atomic E-state index is -0.180. The molecule has 0 radical (unpaired) electrons. The van der Waals surface area contributed by atoms with E-state index in [0.717, 1.165) is 23.5 Å². The van der Waals surface area contributed by atoms with Crippen molar-refractivity contribution in [3.8, 4) is 0 Å². The van der Waals surface area contributed by atoms with Crippen molar-refractivity contribution in [3.63, 3.8) is 0 Å². The van der Waals surface area contributed by atoms with Gasteiger partial charge in [0.2, 0.25) is 0 Å². The van der Waals surface area contributed by atoms with Crippen LogP contribution in [0.5, 0.6) is 0 Å². The maximum atomic E-state index is 11.3. The molecule has 21 heavy (non-hydrogen) atoms. The predicted molar refractivity (Wildman–Crippen MR) is 82.3 cm³/mol. The van der Waals surface area contributed by atoms with E-state index in [4.69, 9.17) is 4.74 Å². The van der Waals surface area contributed by atoms with E-state index in [9.17, 15) is 4.79 Å². The van der Waals surface area contributed by atoms with Gasteiger partial charge >= 0.3 is 5.97 Å². The van der Waals surface area contributed by atoms with Gasteiger partial charge in [0.15, 0.2) is 0 Å². The summed E-state index contributed by atoms with van der Waals surface area (Å²) in [4.78, 5) is 11.3. The van der Waals surface area contributed by atoms with Crippen molar-refractivity contribution in [2.75, 3.05) is 7.11 Å². The molecule has 0 saturated heterocycles.